The summed E-state index contributed by atoms with van der Waals surface area (Å²) < 4.78 is 12.2. The second-order valence-corrected chi connectivity index (χ2v) is 9.62. The minimum atomic E-state index is -0.0672. The van der Waals surface area contributed by atoms with Crippen molar-refractivity contribution in [2.24, 2.45) is 0 Å². The number of fused-ring (bicyclic) bond motifs is 1. The number of likely N-dealkylation sites (N-methyl/N-ethyl adjacent to an activating group) is 1. The molecule has 0 radical (unpaired) electrons. The number of hydrogen-bond acceptors (Lipinski definition) is 5. The summed E-state index contributed by atoms with van der Waals surface area (Å²) in [4.78, 5) is 28.2. The molecular formula is C34H54N2O4. The number of ether oxygens (including phenoxy) is 1. The largest absolute Gasteiger partial charge is 0.492 e. The number of nitrogens with zero attached hydrogens (tertiary/aromatic N) is 1. The maximum atomic E-state index is 13.8. The molecule has 40 heavy (non-hydrogen) atoms. The number of furan rings is 1. The zero-order valence-electron chi connectivity index (χ0n) is 26.6. The minimum absolute atomic E-state index is 0. The standard InChI is InChI=1S/C30H40N2O4.2C2H6.H2/c1-7-32(8-2)16-17-35-30-21(5)18-23(19-22(30)6)29(34)28-24-12-9-10-13-25(24)36-26(28)14-11-15-27(33)31-20(3)4;2*1-2;/h9-10,12-13,18-20H,7-8,11,14-17H2,1-6H3,(H,31,33);2*1-2H3;1H. The van der Waals surface area contributed by atoms with Gasteiger partial charge in [0.15, 0.2) is 5.78 Å². The Hall–Kier alpha value is -3.12. The van der Waals surface area contributed by atoms with Crippen LogP contribution in [0.2, 0.25) is 0 Å². The van der Waals surface area contributed by atoms with E-state index in [2.05, 4.69) is 24.1 Å². The van der Waals surface area contributed by atoms with Crippen molar-refractivity contribution in [2.45, 2.75) is 94.5 Å². The lowest BCUT2D eigenvalue weighted by atomic mass is 9.95. The summed E-state index contributed by atoms with van der Waals surface area (Å²) in [6.07, 6.45) is 1.52. The summed E-state index contributed by atoms with van der Waals surface area (Å²) >= 11 is 0. The predicted octanol–water partition coefficient (Wildman–Crippen LogP) is 8.15. The summed E-state index contributed by atoms with van der Waals surface area (Å²) in [6, 6.07) is 11.5. The normalized spacial score (nSPS) is 10.6. The van der Waals surface area contributed by atoms with Crippen molar-refractivity contribution in [1.82, 2.24) is 10.2 Å². The van der Waals surface area contributed by atoms with E-state index < -0.39 is 0 Å². The van der Waals surface area contributed by atoms with Crippen molar-refractivity contribution < 1.29 is 20.2 Å². The van der Waals surface area contributed by atoms with Crippen LogP contribution in [0.25, 0.3) is 11.0 Å². The Kier molecular flexibility index (Phi) is 15.9. The third-order valence-corrected chi connectivity index (χ3v) is 6.42. The van der Waals surface area contributed by atoms with Crippen LogP contribution in [-0.2, 0) is 11.2 Å². The lowest BCUT2D eigenvalue weighted by Crippen LogP contribution is -2.29. The van der Waals surface area contributed by atoms with Gasteiger partial charge in [0.2, 0.25) is 5.91 Å². The zero-order chi connectivity index (χ0) is 30.2. The first-order chi connectivity index (χ1) is 19.2. The number of carbonyl (C=O) groups is 2. The highest BCUT2D eigenvalue weighted by molar-refractivity contribution is 6.17. The SMILES string of the molecule is CC.CC.CCN(CC)CCOc1c(C)cc(C(=O)c2c(CCCC(=O)NC(C)C)oc3ccccc23)cc1C.[HH]. The van der Waals surface area contributed by atoms with Gasteiger partial charge in [-0.2, -0.15) is 0 Å². The van der Waals surface area contributed by atoms with Crippen LogP contribution in [0.3, 0.4) is 0 Å². The molecule has 0 bridgehead atoms. The zero-order valence-corrected chi connectivity index (χ0v) is 26.6. The van der Waals surface area contributed by atoms with Gasteiger partial charge in [-0.05, 0) is 76.5 Å². The summed E-state index contributed by atoms with van der Waals surface area (Å²) in [5.74, 6) is 1.42. The maximum absolute atomic E-state index is 13.8. The average molecular weight is 555 g/mol. The Bertz CT molecular complexity index is 1180. The second-order valence-electron chi connectivity index (χ2n) is 9.62. The van der Waals surface area contributed by atoms with E-state index in [-0.39, 0.29) is 19.2 Å². The van der Waals surface area contributed by atoms with Crippen molar-refractivity contribution >= 4 is 22.7 Å². The molecule has 2 aromatic carbocycles. The third-order valence-electron chi connectivity index (χ3n) is 6.42. The van der Waals surface area contributed by atoms with Crippen LogP contribution in [0.15, 0.2) is 40.8 Å². The Morgan fingerprint density at radius 1 is 1.00 bits per heavy atom. The van der Waals surface area contributed by atoms with Crippen LogP contribution in [0.4, 0.5) is 0 Å². The molecule has 0 fully saturated rings. The average Bonchev–Trinajstić information content (AvgIpc) is 3.31. The Morgan fingerprint density at radius 3 is 2.17 bits per heavy atom. The van der Waals surface area contributed by atoms with Crippen molar-refractivity contribution in [2.75, 3.05) is 26.2 Å². The van der Waals surface area contributed by atoms with E-state index in [0.717, 1.165) is 41.9 Å². The van der Waals surface area contributed by atoms with Gasteiger partial charge in [0.25, 0.3) is 0 Å². The van der Waals surface area contributed by atoms with E-state index in [1.807, 2.05) is 91.8 Å². The predicted molar refractivity (Wildman–Crippen MR) is 170 cm³/mol. The first-order valence-corrected chi connectivity index (χ1v) is 15.1. The fourth-order valence-electron chi connectivity index (χ4n) is 4.59. The van der Waals surface area contributed by atoms with Gasteiger partial charge in [-0.25, -0.2) is 0 Å². The number of aryl methyl sites for hydroxylation is 3. The first-order valence-electron chi connectivity index (χ1n) is 15.1. The molecule has 0 unspecified atom stereocenters. The number of amides is 1. The highest BCUT2D eigenvalue weighted by atomic mass is 16.5. The van der Waals surface area contributed by atoms with Crippen molar-refractivity contribution in [3.63, 3.8) is 0 Å². The highest BCUT2D eigenvalue weighted by Gasteiger charge is 2.23. The van der Waals surface area contributed by atoms with Crippen molar-refractivity contribution in [3.05, 3.63) is 64.4 Å². The molecule has 0 aliphatic rings. The lowest BCUT2D eigenvalue weighted by molar-refractivity contribution is -0.121. The van der Waals surface area contributed by atoms with E-state index in [9.17, 15) is 9.59 Å². The number of rotatable bonds is 13. The fraction of sp³-hybridized carbons (Fsp3) is 0.529. The van der Waals surface area contributed by atoms with E-state index in [0.29, 0.717) is 48.3 Å². The number of benzene rings is 2. The van der Waals surface area contributed by atoms with E-state index in [1.54, 1.807) is 0 Å². The Balaban J connectivity index is 0.00000306. The third kappa shape index (κ3) is 9.81. The molecule has 0 atom stereocenters. The fourth-order valence-corrected chi connectivity index (χ4v) is 4.59. The molecule has 1 aromatic heterocycles. The van der Waals surface area contributed by atoms with Crippen molar-refractivity contribution in [3.8, 4) is 5.75 Å². The van der Waals surface area contributed by atoms with E-state index in [4.69, 9.17) is 9.15 Å². The molecule has 3 rings (SSSR count). The molecule has 1 N–H and O–H groups in total. The van der Waals surface area contributed by atoms with Gasteiger partial charge in [0.05, 0.1) is 5.56 Å². The number of hydrogen-bond donors (Lipinski definition) is 1. The molecule has 0 spiro atoms. The molecule has 0 aliphatic heterocycles. The van der Waals surface area contributed by atoms with Crippen molar-refractivity contribution in [1.29, 1.82) is 0 Å². The molecule has 224 valence electrons. The monoisotopic (exact) mass is 554 g/mol. The van der Waals surface area contributed by atoms with Gasteiger partial charge in [0.1, 0.15) is 23.7 Å². The van der Waals surface area contributed by atoms with Gasteiger partial charge in [-0.15, -0.1) is 0 Å². The second kappa shape index (κ2) is 18.3. The number of nitrogens with one attached hydrogen (secondary N) is 1. The first kappa shape index (κ1) is 34.9. The quantitative estimate of drug-likeness (QED) is 0.216. The minimum Gasteiger partial charge on any atom is -0.492 e. The molecule has 3 aromatic rings. The molecule has 0 saturated carbocycles. The molecule has 0 aliphatic carbocycles. The molecular weight excluding hydrogens is 500 g/mol. The topological polar surface area (TPSA) is 71.8 Å². The summed E-state index contributed by atoms with van der Waals surface area (Å²) in [7, 11) is 0. The molecule has 1 amide bonds. The molecule has 1 heterocycles. The van der Waals surface area contributed by atoms with Gasteiger partial charge < -0.3 is 19.4 Å². The Labute approximate surface area is 244 Å². The lowest BCUT2D eigenvalue weighted by Gasteiger charge is -2.19. The number of para-hydroxylation sites is 1. The summed E-state index contributed by atoms with van der Waals surface area (Å²) in [5.41, 5.74) is 3.78. The van der Waals surface area contributed by atoms with Gasteiger partial charge >= 0.3 is 0 Å². The molecule has 0 saturated heterocycles. The van der Waals surface area contributed by atoms with Gasteiger partial charge in [-0.1, -0.05) is 59.7 Å². The number of carbonyl (C=O) groups excluding carboxylic acids is 2. The van der Waals surface area contributed by atoms with Crippen LogP contribution in [0.5, 0.6) is 5.75 Å². The highest BCUT2D eigenvalue weighted by Crippen LogP contribution is 2.32. The number of ketones is 1. The van der Waals surface area contributed by atoms with E-state index in [1.165, 1.54) is 0 Å². The van der Waals surface area contributed by atoms with Crippen LogP contribution >= 0.6 is 0 Å². The Morgan fingerprint density at radius 2 is 1.60 bits per heavy atom. The van der Waals surface area contributed by atoms with Gasteiger partial charge in [-0.3, -0.25) is 9.59 Å². The smallest absolute Gasteiger partial charge is 0.220 e. The van der Waals surface area contributed by atoms with Crippen LogP contribution in [0, 0.1) is 13.8 Å². The molecule has 6 nitrogen and oxygen atoms in total. The van der Waals surface area contributed by atoms with Crippen LogP contribution in [-0.4, -0.2) is 48.9 Å². The maximum Gasteiger partial charge on any atom is 0.220 e. The van der Waals surface area contributed by atoms with E-state index >= 15 is 0 Å². The van der Waals surface area contributed by atoms with Crippen LogP contribution < -0.4 is 10.1 Å². The molecule has 6 heteroatoms. The summed E-state index contributed by atoms with van der Waals surface area (Å²) in [6.45, 7) is 23.6. The van der Waals surface area contributed by atoms with Crippen LogP contribution in [0.1, 0.15) is 102 Å². The van der Waals surface area contributed by atoms with Gasteiger partial charge in [0, 0.05) is 37.8 Å². The summed E-state index contributed by atoms with van der Waals surface area (Å²) in [5, 5.41) is 3.72.